The van der Waals surface area contributed by atoms with Crippen LogP contribution in [0.1, 0.15) is 39.5 Å². The number of nitrogens with two attached hydrogens (primary N) is 1. The number of carbonyl (C=O) groups excluding carboxylic acids is 1. The SMILES string of the molecule is CCOC(=O)NC(CN=C(N)N1CCCC(C)C1)C1CC1. The minimum atomic E-state index is -0.352. The maximum absolute atomic E-state index is 11.6. The highest BCUT2D eigenvalue weighted by Gasteiger charge is 2.32. The molecule has 120 valence electrons. The van der Waals surface area contributed by atoms with Gasteiger partial charge in [-0.25, -0.2) is 4.79 Å². The van der Waals surface area contributed by atoms with E-state index in [0.29, 0.717) is 30.9 Å². The Hall–Kier alpha value is -1.46. The zero-order valence-electron chi connectivity index (χ0n) is 13.2. The predicted octanol–water partition coefficient (Wildman–Crippen LogP) is 1.56. The smallest absolute Gasteiger partial charge is 0.407 e. The lowest BCUT2D eigenvalue weighted by Gasteiger charge is -2.31. The Morgan fingerprint density at radius 1 is 1.48 bits per heavy atom. The molecule has 0 aromatic rings. The Morgan fingerprint density at radius 2 is 2.24 bits per heavy atom. The first-order chi connectivity index (χ1) is 10.1. The van der Waals surface area contributed by atoms with Crippen LogP contribution in [0.15, 0.2) is 4.99 Å². The highest BCUT2D eigenvalue weighted by Crippen LogP contribution is 2.32. The molecule has 1 heterocycles. The molecule has 0 spiro atoms. The minimum absolute atomic E-state index is 0.0461. The van der Waals surface area contributed by atoms with Crippen molar-refractivity contribution in [2.75, 3.05) is 26.2 Å². The largest absolute Gasteiger partial charge is 0.450 e. The molecular formula is C15H28N4O2. The molecule has 1 aliphatic carbocycles. The Kier molecular flexibility index (Phi) is 5.70. The average Bonchev–Trinajstić information content (AvgIpc) is 3.28. The van der Waals surface area contributed by atoms with Crippen LogP contribution in [0.25, 0.3) is 0 Å². The van der Waals surface area contributed by atoms with Gasteiger partial charge in [0.2, 0.25) is 0 Å². The third-order valence-electron chi connectivity index (χ3n) is 4.20. The molecule has 2 atom stereocenters. The number of nitrogens with one attached hydrogen (secondary N) is 1. The van der Waals surface area contributed by atoms with E-state index >= 15 is 0 Å². The number of nitrogens with zero attached hydrogens (tertiary/aromatic N) is 2. The highest BCUT2D eigenvalue weighted by molar-refractivity contribution is 5.78. The molecular weight excluding hydrogens is 268 g/mol. The highest BCUT2D eigenvalue weighted by atomic mass is 16.5. The van der Waals surface area contributed by atoms with E-state index < -0.39 is 0 Å². The van der Waals surface area contributed by atoms with E-state index in [-0.39, 0.29) is 12.1 Å². The molecule has 0 radical (unpaired) electrons. The molecule has 2 aliphatic rings. The molecule has 1 aliphatic heterocycles. The third-order valence-corrected chi connectivity index (χ3v) is 4.20. The van der Waals surface area contributed by atoms with E-state index in [4.69, 9.17) is 10.5 Å². The molecule has 1 amide bonds. The molecule has 6 heteroatoms. The summed E-state index contributed by atoms with van der Waals surface area (Å²) in [7, 11) is 0. The lowest BCUT2D eigenvalue weighted by Crippen LogP contribution is -2.45. The number of amides is 1. The van der Waals surface area contributed by atoms with Gasteiger partial charge in [-0.15, -0.1) is 0 Å². The van der Waals surface area contributed by atoms with Gasteiger partial charge in [-0.05, 0) is 44.4 Å². The summed E-state index contributed by atoms with van der Waals surface area (Å²) in [5.74, 6) is 1.80. The van der Waals surface area contributed by atoms with E-state index in [9.17, 15) is 4.79 Å². The number of guanidine groups is 1. The fourth-order valence-electron chi connectivity index (χ4n) is 2.82. The number of hydrogen-bond donors (Lipinski definition) is 2. The molecule has 0 aromatic carbocycles. The summed E-state index contributed by atoms with van der Waals surface area (Å²) >= 11 is 0. The number of likely N-dealkylation sites (tertiary alicyclic amines) is 1. The number of rotatable bonds is 5. The quantitative estimate of drug-likeness (QED) is 0.596. The average molecular weight is 296 g/mol. The number of aliphatic imine (C=N–C) groups is 1. The van der Waals surface area contributed by atoms with Crippen LogP contribution >= 0.6 is 0 Å². The maximum Gasteiger partial charge on any atom is 0.407 e. The predicted molar refractivity (Wildman–Crippen MR) is 83.1 cm³/mol. The second-order valence-corrected chi connectivity index (χ2v) is 6.20. The van der Waals surface area contributed by atoms with Crippen molar-refractivity contribution >= 4 is 12.1 Å². The van der Waals surface area contributed by atoms with Gasteiger partial charge in [-0.2, -0.15) is 0 Å². The fourth-order valence-corrected chi connectivity index (χ4v) is 2.82. The molecule has 2 fully saturated rings. The van der Waals surface area contributed by atoms with E-state index in [2.05, 4.69) is 22.1 Å². The summed E-state index contributed by atoms with van der Waals surface area (Å²) in [5, 5.41) is 2.90. The van der Waals surface area contributed by atoms with Crippen molar-refractivity contribution in [1.29, 1.82) is 0 Å². The fraction of sp³-hybridized carbons (Fsp3) is 0.867. The molecule has 2 unspecified atom stereocenters. The first-order valence-corrected chi connectivity index (χ1v) is 8.08. The van der Waals surface area contributed by atoms with Crippen LogP contribution in [0.5, 0.6) is 0 Å². The maximum atomic E-state index is 11.6. The summed E-state index contributed by atoms with van der Waals surface area (Å²) in [5.41, 5.74) is 6.10. The van der Waals surface area contributed by atoms with Crippen LogP contribution in [0.4, 0.5) is 4.79 Å². The molecule has 0 aromatic heterocycles. The van der Waals surface area contributed by atoms with Crippen molar-refractivity contribution in [3.63, 3.8) is 0 Å². The van der Waals surface area contributed by atoms with Gasteiger partial charge in [-0.3, -0.25) is 4.99 Å². The van der Waals surface area contributed by atoms with Gasteiger partial charge in [-0.1, -0.05) is 6.92 Å². The second kappa shape index (κ2) is 7.52. The van der Waals surface area contributed by atoms with Crippen molar-refractivity contribution in [3.05, 3.63) is 0 Å². The lowest BCUT2D eigenvalue weighted by molar-refractivity contribution is 0.147. The van der Waals surface area contributed by atoms with Crippen molar-refractivity contribution < 1.29 is 9.53 Å². The van der Waals surface area contributed by atoms with Crippen molar-refractivity contribution in [3.8, 4) is 0 Å². The zero-order chi connectivity index (χ0) is 15.2. The summed E-state index contributed by atoms with van der Waals surface area (Å²) in [6.07, 6.45) is 4.37. The Morgan fingerprint density at radius 3 is 2.86 bits per heavy atom. The van der Waals surface area contributed by atoms with Crippen molar-refractivity contribution in [2.24, 2.45) is 22.6 Å². The molecule has 1 saturated heterocycles. The summed E-state index contributed by atoms with van der Waals surface area (Å²) < 4.78 is 4.95. The molecule has 21 heavy (non-hydrogen) atoms. The van der Waals surface area contributed by atoms with Crippen LogP contribution in [0.2, 0.25) is 0 Å². The Balaban J connectivity index is 1.84. The van der Waals surface area contributed by atoms with Gasteiger partial charge < -0.3 is 20.7 Å². The number of alkyl carbamates (subject to hydrolysis) is 1. The van der Waals surface area contributed by atoms with Gasteiger partial charge in [0, 0.05) is 13.1 Å². The first kappa shape index (κ1) is 15.9. The molecule has 1 saturated carbocycles. The number of ether oxygens (including phenoxy) is 1. The van der Waals surface area contributed by atoms with E-state index in [1.165, 1.54) is 12.8 Å². The summed E-state index contributed by atoms with van der Waals surface area (Å²) in [6.45, 7) is 6.95. The van der Waals surface area contributed by atoms with Crippen LogP contribution < -0.4 is 11.1 Å². The topological polar surface area (TPSA) is 79.9 Å². The summed E-state index contributed by atoms with van der Waals surface area (Å²) in [4.78, 5) is 18.2. The number of piperidine rings is 1. The van der Waals surface area contributed by atoms with Gasteiger partial charge in [0.05, 0.1) is 19.2 Å². The van der Waals surface area contributed by atoms with Crippen LogP contribution in [0, 0.1) is 11.8 Å². The Bertz CT molecular complexity index is 382. The van der Waals surface area contributed by atoms with E-state index in [1.807, 2.05) is 0 Å². The van der Waals surface area contributed by atoms with Crippen LogP contribution in [-0.4, -0.2) is 49.2 Å². The molecule has 3 N–H and O–H groups in total. The monoisotopic (exact) mass is 296 g/mol. The molecule has 0 bridgehead atoms. The van der Waals surface area contributed by atoms with E-state index in [0.717, 1.165) is 25.9 Å². The first-order valence-electron chi connectivity index (χ1n) is 8.08. The van der Waals surface area contributed by atoms with Gasteiger partial charge in [0.1, 0.15) is 0 Å². The Labute approximate surface area is 127 Å². The van der Waals surface area contributed by atoms with Gasteiger partial charge in [0.15, 0.2) is 5.96 Å². The standard InChI is InChI=1S/C15H28N4O2/c1-3-21-15(20)18-13(12-6-7-12)9-17-14(16)19-8-4-5-11(2)10-19/h11-13H,3-10H2,1-2H3,(H2,16,17)(H,18,20). The third kappa shape index (κ3) is 5.10. The van der Waals surface area contributed by atoms with E-state index in [1.54, 1.807) is 6.92 Å². The normalized spacial score (nSPS) is 24.6. The number of hydrogen-bond acceptors (Lipinski definition) is 3. The zero-order valence-corrected chi connectivity index (χ0v) is 13.2. The lowest BCUT2D eigenvalue weighted by atomic mass is 10.0. The van der Waals surface area contributed by atoms with Crippen LogP contribution in [-0.2, 0) is 4.74 Å². The summed E-state index contributed by atoms with van der Waals surface area (Å²) in [6, 6.07) is 0.0461. The van der Waals surface area contributed by atoms with Crippen LogP contribution in [0.3, 0.4) is 0 Å². The molecule has 6 nitrogen and oxygen atoms in total. The minimum Gasteiger partial charge on any atom is -0.450 e. The van der Waals surface area contributed by atoms with Crippen molar-refractivity contribution in [1.82, 2.24) is 10.2 Å². The van der Waals surface area contributed by atoms with Gasteiger partial charge in [0.25, 0.3) is 0 Å². The number of carbonyl (C=O) groups is 1. The van der Waals surface area contributed by atoms with Crippen molar-refractivity contribution in [2.45, 2.75) is 45.6 Å². The van der Waals surface area contributed by atoms with Gasteiger partial charge >= 0.3 is 6.09 Å². The second-order valence-electron chi connectivity index (χ2n) is 6.20. The molecule has 2 rings (SSSR count).